The number of hydrogen-bond donors (Lipinski definition) is 14. The number of aliphatic carboxylic acids is 1. The zero-order chi connectivity index (χ0) is 63.3. The first kappa shape index (κ1) is 78.0. The van der Waals surface area contributed by atoms with Crippen LogP contribution in [0.15, 0.2) is 0 Å². The molecule has 3 heterocycles. The van der Waals surface area contributed by atoms with Crippen LogP contribution in [-0.4, -0.2) is 215 Å². The van der Waals surface area contributed by atoms with E-state index in [1.165, 1.54) is 148 Å². The highest BCUT2D eigenvalue weighted by atomic mass is 16.8. The molecule has 2 amide bonds. The van der Waals surface area contributed by atoms with Gasteiger partial charge < -0.3 is 100 Å². The molecule has 23 nitrogen and oxygen atoms in total. The van der Waals surface area contributed by atoms with Crippen LogP contribution in [0.3, 0.4) is 0 Å². The molecule has 3 rings (SSSR count). The quantitative estimate of drug-likeness (QED) is 0.0358. The third kappa shape index (κ3) is 28.1. The number of carboxylic acid groups (broad SMARTS) is 1. The monoisotopic (exact) mass is 1240 g/mol. The molecule has 18 atom stereocenters. The van der Waals surface area contributed by atoms with E-state index in [1.807, 2.05) is 0 Å². The summed E-state index contributed by atoms with van der Waals surface area (Å²) in [5, 5.41) is 136. The molecule has 3 aliphatic rings. The Kier molecular flexibility index (Phi) is 40.9. The van der Waals surface area contributed by atoms with Gasteiger partial charge in [0.25, 0.3) is 5.79 Å². The minimum atomic E-state index is -3.08. The summed E-state index contributed by atoms with van der Waals surface area (Å²) in [6.07, 6.45) is 9.85. The standard InChI is InChI=1S/C63H118N2O21/c1-4-6-8-10-12-14-16-17-18-19-20-21-22-23-24-25-27-29-31-33-35-37-50(73)65-44(45(70)36-34-32-30-28-26-15-13-11-9-7-5-2)42-81-60-55(77)54(76)57(49(41-68)83-60)84-61-56(78)59(53(75)48(40-67)82-61)86-63(62(79)80)38-46(71)51(64-43(3)69)58(85-63)52(74)47(72)39-66/h44-49,51-61,66-68,70-72,74-78H,4-42H2,1-3H3,(H,64,69)(H,65,73)(H,79,80). The largest absolute Gasteiger partial charge is 0.477 e. The van der Waals surface area contributed by atoms with Crippen molar-refractivity contribution >= 4 is 17.8 Å². The van der Waals surface area contributed by atoms with Crippen LogP contribution in [0.2, 0.25) is 0 Å². The number of ether oxygens (including phenoxy) is 6. The van der Waals surface area contributed by atoms with Crippen LogP contribution in [0.4, 0.5) is 0 Å². The van der Waals surface area contributed by atoms with E-state index in [0.717, 1.165) is 51.9 Å². The molecule has 0 aromatic heterocycles. The number of nitrogens with one attached hydrogen (secondary N) is 2. The van der Waals surface area contributed by atoms with E-state index >= 15 is 0 Å². The third-order valence-electron chi connectivity index (χ3n) is 17.3. The molecule has 0 aromatic rings. The number of hydrogen-bond acceptors (Lipinski definition) is 20. The van der Waals surface area contributed by atoms with Gasteiger partial charge in [0, 0.05) is 19.8 Å². The molecule has 0 radical (unpaired) electrons. The smallest absolute Gasteiger partial charge is 0.364 e. The number of carboxylic acids is 1. The van der Waals surface area contributed by atoms with Crippen LogP contribution < -0.4 is 10.6 Å². The van der Waals surface area contributed by atoms with Gasteiger partial charge in [-0.1, -0.05) is 213 Å². The topological polar surface area (TPSA) is 373 Å². The summed E-state index contributed by atoms with van der Waals surface area (Å²) in [7, 11) is 0. The van der Waals surface area contributed by atoms with E-state index in [4.69, 9.17) is 28.4 Å². The Hall–Kier alpha value is -2.27. The van der Waals surface area contributed by atoms with Crippen LogP contribution in [0, 0.1) is 0 Å². The molecule has 0 aliphatic carbocycles. The molecule has 0 bridgehead atoms. The van der Waals surface area contributed by atoms with Crippen molar-refractivity contribution in [3.05, 3.63) is 0 Å². The number of aliphatic hydroxyl groups excluding tert-OH is 11. The molecule has 3 saturated heterocycles. The number of unbranched alkanes of at least 4 members (excludes halogenated alkanes) is 30. The Morgan fingerprint density at radius 3 is 1.45 bits per heavy atom. The van der Waals surface area contributed by atoms with Crippen molar-refractivity contribution in [2.24, 2.45) is 0 Å². The first-order valence-corrected chi connectivity index (χ1v) is 33.4. The maximum atomic E-state index is 13.4. The highest BCUT2D eigenvalue weighted by Crippen LogP contribution is 2.39. The number of rotatable bonds is 50. The second kappa shape index (κ2) is 45.1. The number of aliphatic hydroxyl groups is 11. The van der Waals surface area contributed by atoms with Crippen molar-refractivity contribution in [2.75, 3.05) is 26.4 Å². The third-order valence-corrected chi connectivity index (χ3v) is 17.3. The van der Waals surface area contributed by atoms with Gasteiger partial charge in [-0.2, -0.15) is 0 Å². The lowest BCUT2D eigenvalue weighted by atomic mass is 9.88. The summed E-state index contributed by atoms with van der Waals surface area (Å²) >= 11 is 0. The lowest BCUT2D eigenvalue weighted by molar-refractivity contribution is -0.386. The minimum Gasteiger partial charge on any atom is -0.477 e. The fourth-order valence-corrected chi connectivity index (χ4v) is 11.9. The highest BCUT2D eigenvalue weighted by molar-refractivity contribution is 5.77. The molecule has 3 fully saturated rings. The van der Waals surface area contributed by atoms with Gasteiger partial charge in [-0.3, -0.25) is 9.59 Å². The molecule has 0 saturated carbocycles. The second-order valence-corrected chi connectivity index (χ2v) is 24.7. The predicted octanol–water partition coefficient (Wildman–Crippen LogP) is 4.95. The van der Waals surface area contributed by atoms with E-state index in [-0.39, 0.29) is 18.9 Å². The van der Waals surface area contributed by atoms with Crippen molar-refractivity contribution in [3.8, 4) is 0 Å². The number of amides is 2. The van der Waals surface area contributed by atoms with Gasteiger partial charge in [0.15, 0.2) is 12.6 Å². The molecule has 18 unspecified atom stereocenters. The summed E-state index contributed by atoms with van der Waals surface area (Å²) in [5.74, 6) is -6.09. The van der Waals surface area contributed by atoms with E-state index in [0.29, 0.717) is 19.3 Å². The molecule has 23 heteroatoms. The fraction of sp³-hybridized carbons (Fsp3) is 0.952. The SMILES string of the molecule is CCCCCCCCCCCCCCCCCCCCCCCC(=O)NC(COC1OC(CO)C(OC2OC(CO)C(O)C(OC3(C(=O)O)CC(O)C(NC(C)=O)C(C(O)C(O)CO)O3)C2O)C(O)C1O)C(O)CCCCCCCCCCCCC. The molecular weight excluding hydrogens is 1120 g/mol. The Morgan fingerprint density at radius 2 is 1.01 bits per heavy atom. The van der Waals surface area contributed by atoms with Crippen molar-refractivity contribution in [1.29, 1.82) is 0 Å². The molecule has 3 aliphatic heterocycles. The maximum Gasteiger partial charge on any atom is 0.364 e. The van der Waals surface area contributed by atoms with Crippen LogP contribution in [0.1, 0.15) is 245 Å². The van der Waals surface area contributed by atoms with E-state index in [1.54, 1.807) is 0 Å². The zero-order valence-corrected chi connectivity index (χ0v) is 52.4. The first-order valence-electron chi connectivity index (χ1n) is 33.4. The van der Waals surface area contributed by atoms with Gasteiger partial charge in [0.2, 0.25) is 11.8 Å². The van der Waals surface area contributed by atoms with Gasteiger partial charge >= 0.3 is 5.97 Å². The lowest BCUT2D eigenvalue weighted by Gasteiger charge is -2.50. The Balaban J connectivity index is 1.58. The molecule has 86 heavy (non-hydrogen) atoms. The van der Waals surface area contributed by atoms with Crippen molar-refractivity contribution in [1.82, 2.24) is 10.6 Å². The summed E-state index contributed by atoms with van der Waals surface area (Å²) < 4.78 is 34.8. The van der Waals surface area contributed by atoms with Crippen LogP contribution >= 0.6 is 0 Å². The lowest BCUT2D eigenvalue weighted by Crippen LogP contribution is -2.70. The van der Waals surface area contributed by atoms with Gasteiger partial charge in [-0.15, -0.1) is 0 Å². The highest BCUT2D eigenvalue weighted by Gasteiger charge is 2.60. The molecular formula is C63H118N2O21. The summed E-state index contributed by atoms with van der Waals surface area (Å²) in [6.45, 7) is 2.19. The van der Waals surface area contributed by atoms with Gasteiger partial charge in [0.05, 0.1) is 50.7 Å². The van der Waals surface area contributed by atoms with Crippen LogP contribution in [0.25, 0.3) is 0 Å². The Bertz CT molecular complexity index is 1760. The normalized spacial score (nSPS) is 29.3. The van der Waals surface area contributed by atoms with Crippen molar-refractivity contribution in [3.63, 3.8) is 0 Å². The first-order chi connectivity index (χ1) is 41.4. The van der Waals surface area contributed by atoms with E-state index in [9.17, 15) is 75.7 Å². The number of carbonyl (C=O) groups is 3. The van der Waals surface area contributed by atoms with Gasteiger partial charge in [-0.05, 0) is 12.8 Å². The van der Waals surface area contributed by atoms with Gasteiger partial charge in [0.1, 0.15) is 67.1 Å². The van der Waals surface area contributed by atoms with Crippen molar-refractivity contribution < 1.29 is 104 Å². The maximum absolute atomic E-state index is 13.4. The van der Waals surface area contributed by atoms with Crippen molar-refractivity contribution in [2.45, 2.75) is 355 Å². The molecule has 506 valence electrons. The van der Waals surface area contributed by atoms with E-state index < -0.39 is 148 Å². The van der Waals surface area contributed by atoms with E-state index in [2.05, 4.69) is 24.5 Å². The van der Waals surface area contributed by atoms with Crippen LogP contribution in [0.5, 0.6) is 0 Å². The second-order valence-electron chi connectivity index (χ2n) is 24.7. The average molecular weight is 1240 g/mol. The van der Waals surface area contributed by atoms with Gasteiger partial charge in [-0.25, -0.2) is 4.79 Å². The summed E-state index contributed by atoms with van der Waals surface area (Å²) in [6, 6.07) is -2.52. The fourth-order valence-electron chi connectivity index (χ4n) is 11.9. The van der Waals surface area contributed by atoms with Crippen LogP contribution in [-0.2, 0) is 42.8 Å². The molecule has 0 aromatic carbocycles. The Morgan fingerprint density at radius 1 is 0.558 bits per heavy atom. The predicted molar refractivity (Wildman–Crippen MR) is 320 cm³/mol. The average Bonchev–Trinajstić information content (AvgIpc) is 1.18. The molecule has 14 N–H and O–H groups in total. The molecule has 0 spiro atoms. The summed E-state index contributed by atoms with van der Waals surface area (Å²) in [5.41, 5.74) is 0. The Labute approximate surface area is 512 Å². The zero-order valence-electron chi connectivity index (χ0n) is 52.4. The summed E-state index contributed by atoms with van der Waals surface area (Å²) in [4.78, 5) is 38.5. The number of carbonyl (C=O) groups excluding carboxylic acids is 2. The minimum absolute atomic E-state index is 0.229.